The summed E-state index contributed by atoms with van der Waals surface area (Å²) >= 11 is 3.80. The van der Waals surface area contributed by atoms with Crippen molar-refractivity contribution in [2.75, 3.05) is 14.2 Å². The molecule has 0 radical (unpaired) electrons. The van der Waals surface area contributed by atoms with Crippen LogP contribution in [0.1, 0.15) is 37.2 Å². The van der Waals surface area contributed by atoms with E-state index in [4.69, 9.17) is 9.47 Å². The van der Waals surface area contributed by atoms with E-state index in [0.29, 0.717) is 10.7 Å². The molecule has 0 spiro atoms. The highest BCUT2D eigenvalue weighted by molar-refractivity contribution is 9.09. The van der Waals surface area contributed by atoms with E-state index in [1.54, 1.807) is 14.2 Å². The molecule has 1 fully saturated rings. The molecule has 1 aliphatic rings. The summed E-state index contributed by atoms with van der Waals surface area (Å²) in [6.45, 7) is 0. The Kier molecular flexibility index (Phi) is 4.32. The SMILES string of the molecule is COc1ccc(C2CCCCC2Br)cc1OC. The van der Waals surface area contributed by atoms with E-state index in [-0.39, 0.29) is 0 Å². The summed E-state index contributed by atoms with van der Waals surface area (Å²) in [5.74, 6) is 2.23. The Balaban J connectivity index is 2.25. The number of ether oxygens (including phenoxy) is 2. The number of halogens is 1. The zero-order valence-electron chi connectivity index (χ0n) is 10.4. The molecule has 2 atom stereocenters. The molecule has 0 saturated heterocycles. The Morgan fingerprint density at radius 2 is 1.76 bits per heavy atom. The summed E-state index contributed by atoms with van der Waals surface area (Å²) in [6.07, 6.45) is 5.17. The molecule has 0 aromatic heterocycles. The maximum absolute atomic E-state index is 5.36. The van der Waals surface area contributed by atoms with E-state index in [9.17, 15) is 0 Å². The van der Waals surface area contributed by atoms with Crippen molar-refractivity contribution in [2.45, 2.75) is 36.4 Å². The van der Waals surface area contributed by atoms with Crippen LogP contribution in [0.2, 0.25) is 0 Å². The van der Waals surface area contributed by atoms with Gasteiger partial charge in [-0.05, 0) is 36.5 Å². The lowest BCUT2D eigenvalue weighted by atomic mass is 9.84. The first-order valence-electron chi connectivity index (χ1n) is 6.12. The van der Waals surface area contributed by atoms with Crippen molar-refractivity contribution in [3.8, 4) is 11.5 Å². The van der Waals surface area contributed by atoms with Crippen molar-refractivity contribution >= 4 is 15.9 Å². The van der Waals surface area contributed by atoms with Gasteiger partial charge in [0.15, 0.2) is 11.5 Å². The highest BCUT2D eigenvalue weighted by Gasteiger charge is 2.25. The third-order valence-electron chi connectivity index (χ3n) is 3.52. The molecule has 94 valence electrons. The van der Waals surface area contributed by atoms with Crippen LogP contribution in [0.15, 0.2) is 18.2 Å². The lowest BCUT2D eigenvalue weighted by Gasteiger charge is -2.28. The molecule has 2 unspecified atom stereocenters. The Bertz CT molecular complexity index is 378. The maximum Gasteiger partial charge on any atom is 0.160 e. The van der Waals surface area contributed by atoms with E-state index in [1.807, 2.05) is 6.07 Å². The molecule has 0 aliphatic heterocycles. The van der Waals surface area contributed by atoms with Crippen LogP contribution in [-0.4, -0.2) is 19.0 Å². The van der Waals surface area contributed by atoms with Crippen LogP contribution < -0.4 is 9.47 Å². The van der Waals surface area contributed by atoms with Crippen LogP contribution in [0.25, 0.3) is 0 Å². The number of alkyl halides is 1. The Labute approximate surface area is 111 Å². The maximum atomic E-state index is 5.36. The average molecular weight is 299 g/mol. The van der Waals surface area contributed by atoms with Gasteiger partial charge in [-0.25, -0.2) is 0 Å². The predicted molar refractivity (Wildman–Crippen MR) is 73.5 cm³/mol. The Morgan fingerprint density at radius 1 is 1.06 bits per heavy atom. The summed E-state index contributed by atoms with van der Waals surface area (Å²) in [5.41, 5.74) is 1.35. The standard InChI is InChI=1S/C14H19BrO2/c1-16-13-8-7-10(9-14(13)17-2)11-5-3-4-6-12(11)15/h7-9,11-12H,3-6H2,1-2H3. The fourth-order valence-electron chi connectivity index (χ4n) is 2.54. The van der Waals surface area contributed by atoms with Crippen molar-refractivity contribution in [3.63, 3.8) is 0 Å². The molecule has 1 aromatic rings. The van der Waals surface area contributed by atoms with Crippen molar-refractivity contribution in [3.05, 3.63) is 23.8 Å². The van der Waals surface area contributed by atoms with Crippen molar-refractivity contribution in [2.24, 2.45) is 0 Å². The Morgan fingerprint density at radius 3 is 2.41 bits per heavy atom. The van der Waals surface area contributed by atoms with Crippen LogP contribution in [-0.2, 0) is 0 Å². The quantitative estimate of drug-likeness (QED) is 0.781. The first kappa shape index (κ1) is 12.7. The summed E-state index contributed by atoms with van der Waals surface area (Å²) in [6, 6.07) is 6.27. The van der Waals surface area contributed by atoms with Crippen molar-refractivity contribution < 1.29 is 9.47 Å². The van der Waals surface area contributed by atoms with Gasteiger partial charge in [-0.2, -0.15) is 0 Å². The molecular weight excluding hydrogens is 280 g/mol. The normalized spacial score (nSPS) is 24.4. The first-order valence-corrected chi connectivity index (χ1v) is 7.04. The number of methoxy groups -OCH3 is 2. The van der Waals surface area contributed by atoms with Gasteiger partial charge in [-0.3, -0.25) is 0 Å². The molecule has 1 aliphatic carbocycles. The molecule has 1 aromatic carbocycles. The van der Waals surface area contributed by atoms with Gasteiger partial charge in [0.2, 0.25) is 0 Å². The zero-order valence-corrected chi connectivity index (χ0v) is 12.0. The minimum absolute atomic E-state index is 0.592. The van der Waals surface area contributed by atoms with Gasteiger partial charge in [-0.1, -0.05) is 34.8 Å². The second-order valence-corrected chi connectivity index (χ2v) is 5.70. The molecule has 3 heteroatoms. The lowest BCUT2D eigenvalue weighted by Crippen LogP contribution is -2.17. The van der Waals surface area contributed by atoms with Gasteiger partial charge in [0.25, 0.3) is 0 Å². The molecule has 0 amide bonds. The topological polar surface area (TPSA) is 18.5 Å². The number of rotatable bonds is 3. The van der Waals surface area contributed by atoms with Gasteiger partial charge < -0.3 is 9.47 Å². The molecular formula is C14H19BrO2. The average Bonchev–Trinajstić information content (AvgIpc) is 2.38. The summed E-state index contributed by atoms with van der Waals surface area (Å²) < 4.78 is 10.6. The monoisotopic (exact) mass is 298 g/mol. The van der Waals surface area contributed by atoms with Gasteiger partial charge >= 0.3 is 0 Å². The van der Waals surface area contributed by atoms with Crippen LogP contribution in [0.3, 0.4) is 0 Å². The largest absolute Gasteiger partial charge is 0.493 e. The molecule has 0 bridgehead atoms. The van der Waals surface area contributed by atoms with Crippen LogP contribution in [0.4, 0.5) is 0 Å². The first-order chi connectivity index (χ1) is 8.26. The highest BCUT2D eigenvalue weighted by atomic mass is 79.9. The molecule has 17 heavy (non-hydrogen) atoms. The zero-order chi connectivity index (χ0) is 12.3. The van der Waals surface area contributed by atoms with E-state index < -0.39 is 0 Å². The minimum Gasteiger partial charge on any atom is -0.493 e. The minimum atomic E-state index is 0.592. The smallest absolute Gasteiger partial charge is 0.160 e. The van der Waals surface area contributed by atoms with Crippen LogP contribution in [0.5, 0.6) is 11.5 Å². The lowest BCUT2D eigenvalue weighted by molar-refractivity contribution is 0.353. The third-order valence-corrected chi connectivity index (χ3v) is 4.61. The van der Waals surface area contributed by atoms with Gasteiger partial charge in [-0.15, -0.1) is 0 Å². The Hall–Kier alpha value is -0.700. The third kappa shape index (κ3) is 2.76. The van der Waals surface area contributed by atoms with E-state index in [1.165, 1.54) is 31.2 Å². The fourth-order valence-corrected chi connectivity index (χ4v) is 3.44. The molecule has 2 nitrogen and oxygen atoms in total. The highest BCUT2D eigenvalue weighted by Crippen LogP contribution is 2.40. The van der Waals surface area contributed by atoms with E-state index >= 15 is 0 Å². The summed E-state index contributed by atoms with van der Waals surface area (Å²) in [7, 11) is 3.36. The van der Waals surface area contributed by atoms with Crippen molar-refractivity contribution in [1.82, 2.24) is 0 Å². The predicted octanol–water partition coefficient (Wildman–Crippen LogP) is 4.12. The number of hydrogen-bond donors (Lipinski definition) is 0. The summed E-state index contributed by atoms with van der Waals surface area (Å²) in [5, 5.41) is 0. The fraction of sp³-hybridized carbons (Fsp3) is 0.571. The van der Waals surface area contributed by atoms with E-state index in [2.05, 4.69) is 28.1 Å². The number of benzene rings is 1. The van der Waals surface area contributed by atoms with Crippen LogP contribution in [0, 0.1) is 0 Å². The summed E-state index contributed by atoms with van der Waals surface area (Å²) in [4.78, 5) is 0.592. The van der Waals surface area contributed by atoms with Gasteiger partial charge in [0.1, 0.15) is 0 Å². The van der Waals surface area contributed by atoms with Gasteiger partial charge in [0, 0.05) is 4.83 Å². The van der Waals surface area contributed by atoms with Crippen LogP contribution >= 0.6 is 15.9 Å². The molecule has 1 saturated carbocycles. The van der Waals surface area contributed by atoms with Gasteiger partial charge in [0.05, 0.1) is 14.2 Å². The number of hydrogen-bond acceptors (Lipinski definition) is 2. The van der Waals surface area contributed by atoms with E-state index in [0.717, 1.165) is 11.5 Å². The second-order valence-electron chi connectivity index (χ2n) is 4.52. The molecule has 0 heterocycles. The second kappa shape index (κ2) is 5.76. The molecule has 2 rings (SSSR count). The van der Waals surface area contributed by atoms with Crippen molar-refractivity contribution in [1.29, 1.82) is 0 Å². The molecule has 0 N–H and O–H groups in total.